The van der Waals surface area contributed by atoms with Gasteiger partial charge in [0.1, 0.15) is 17.3 Å². The van der Waals surface area contributed by atoms with Gasteiger partial charge in [0.2, 0.25) is 0 Å². The van der Waals surface area contributed by atoms with E-state index in [0.717, 1.165) is 5.56 Å². The molecule has 0 fully saturated rings. The predicted molar refractivity (Wildman–Crippen MR) is 87.3 cm³/mol. The smallest absolute Gasteiger partial charge is 0.123 e. The Morgan fingerprint density at radius 2 is 1.57 bits per heavy atom. The summed E-state index contributed by atoms with van der Waals surface area (Å²) >= 11 is 0. The third-order valence-corrected chi connectivity index (χ3v) is 3.75. The minimum absolute atomic E-state index is 0.00208. The number of methoxy groups -OCH3 is 2. The first-order valence-electron chi connectivity index (χ1n) is 7.43. The molecule has 0 bridgehead atoms. The van der Waals surface area contributed by atoms with Crippen molar-refractivity contribution in [2.45, 2.75) is 19.1 Å². The fourth-order valence-corrected chi connectivity index (χ4v) is 2.30. The minimum atomic E-state index is -0.707. The molecular weight excluding hydrogens is 297 g/mol. The van der Waals surface area contributed by atoms with Crippen LogP contribution < -0.4 is 14.8 Å². The fraction of sp³-hybridized carbons (Fsp3) is 0.333. The van der Waals surface area contributed by atoms with Crippen molar-refractivity contribution in [3.05, 3.63) is 59.4 Å². The zero-order chi connectivity index (χ0) is 16.8. The van der Waals surface area contributed by atoms with E-state index in [9.17, 15) is 9.50 Å². The summed E-state index contributed by atoms with van der Waals surface area (Å²) in [7, 11) is 3.14. The van der Waals surface area contributed by atoms with Crippen molar-refractivity contribution in [3.8, 4) is 11.5 Å². The second kappa shape index (κ2) is 7.94. The van der Waals surface area contributed by atoms with Crippen molar-refractivity contribution in [3.63, 3.8) is 0 Å². The maximum Gasteiger partial charge on any atom is 0.123 e. The lowest BCUT2D eigenvalue weighted by atomic mass is 10.1. The van der Waals surface area contributed by atoms with Crippen LogP contribution in [0, 0.1) is 5.82 Å². The molecule has 0 radical (unpaired) electrons. The van der Waals surface area contributed by atoms with Gasteiger partial charge in [-0.05, 0) is 42.3 Å². The second-order valence-corrected chi connectivity index (χ2v) is 5.34. The number of aliphatic hydroxyl groups excluding tert-OH is 1. The van der Waals surface area contributed by atoms with Gasteiger partial charge < -0.3 is 19.9 Å². The lowest BCUT2D eigenvalue weighted by Crippen LogP contribution is -2.24. The molecule has 0 aliphatic carbocycles. The average molecular weight is 319 g/mol. The fourth-order valence-electron chi connectivity index (χ4n) is 2.30. The molecule has 4 nitrogen and oxygen atoms in total. The molecule has 0 heterocycles. The lowest BCUT2D eigenvalue weighted by molar-refractivity contribution is 0.170. The van der Waals surface area contributed by atoms with Crippen LogP contribution in [0.3, 0.4) is 0 Å². The van der Waals surface area contributed by atoms with Gasteiger partial charge in [-0.15, -0.1) is 0 Å². The number of nitrogens with one attached hydrogen (secondary N) is 1. The predicted octanol–water partition coefficient (Wildman–Crippen LogP) is 3.23. The first-order valence-corrected chi connectivity index (χ1v) is 7.43. The van der Waals surface area contributed by atoms with Gasteiger partial charge in [-0.25, -0.2) is 4.39 Å². The Balaban J connectivity index is 2.01. The molecular formula is C18H22FNO3. The third-order valence-electron chi connectivity index (χ3n) is 3.75. The molecule has 0 spiro atoms. The second-order valence-electron chi connectivity index (χ2n) is 5.34. The van der Waals surface area contributed by atoms with Gasteiger partial charge in [0.25, 0.3) is 0 Å². The summed E-state index contributed by atoms with van der Waals surface area (Å²) in [5.41, 5.74) is 1.67. The maximum atomic E-state index is 12.9. The summed E-state index contributed by atoms with van der Waals surface area (Å²) in [6, 6.07) is 11.6. The highest BCUT2D eigenvalue weighted by Crippen LogP contribution is 2.26. The molecule has 23 heavy (non-hydrogen) atoms. The van der Waals surface area contributed by atoms with Gasteiger partial charge in [-0.2, -0.15) is 0 Å². The standard InChI is InChI=1S/C18H22FNO3/c1-12(13-4-6-15(19)7-5-13)20-11-18(21)14-8-16(22-2)10-17(9-14)23-3/h4-10,12,18,20-21H,11H2,1-3H3/t12-,18-/m0/s1. The monoisotopic (exact) mass is 319 g/mol. The summed E-state index contributed by atoms with van der Waals surface area (Å²) in [6.07, 6.45) is -0.707. The molecule has 2 rings (SSSR count). The van der Waals surface area contributed by atoms with Crippen molar-refractivity contribution >= 4 is 0 Å². The normalized spacial score (nSPS) is 13.4. The zero-order valence-corrected chi connectivity index (χ0v) is 13.5. The first kappa shape index (κ1) is 17.2. The Bertz CT molecular complexity index is 608. The van der Waals surface area contributed by atoms with Crippen LogP contribution in [-0.4, -0.2) is 25.9 Å². The lowest BCUT2D eigenvalue weighted by Gasteiger charge is -2.19. The third kappa shape index (κ3) is 4.68. The van der Waals surface area contributed by atoms with Crippen molar-refractivity contribution < 1.29 is 19.0 Å². The number of ether oxygens (including phenoxy) is 2. The quantitative estimate of drug-likeness (QED) is 0.823. The molecule has 0 unspecified atom stereocenters. The summed E-state index contributed by atoms with van der Waals surface area (Å²) in [6.45, 7) is 2.32. The Labute approximate surface area is 135 Å². The molecule has 0 amide bonds. The maximum absolute atomic E-state index is 12.9. The average Bonchev–Trinajstić information content (AvgIpc) is 2.59. The summed E-state index contributed by atoms with van der Waals surface area (Å²) < 4.78 is 23.4. The van der Waals surface area contributed by atoms with E-state index < -0.39 is 6.10 Å². The molecule has 0 aliphatic heterocycles. The highest BCUT2D eigenvalue weighted by atomic mass is 19.1. The number of hydrogen-bond donors (Lipinski definition) is 2. The van der Waals surface area contributed by atoms with Crippen LogP contribution in [0.5, 0.6) is 11.5 Å². The number of hydrogen-bond acceptors (Lipinski definition) is 4. The van der Waals surface area contributed by atoms with E-state index in [1.165, 1.54) is 12.1 Å². The zero-order valence-electron chi connectivity index (χ0n) is 13.5. The first-order chi connectivity index (χ1) is 11.0. The molecule has 2 N–H and O–H groups in total. The topological polar surface area (TPSA) is 50.7 Å². The van der Waals surface area contributed by atoms with Crippen molar-refractivity contribution in [1.82, 2.24) is 5.32 Å². The van der Waals surface area contributed by atoms with Crippen LogP contribution in [0.4, 0.5) is 4.39 Å². The van der Waals surface area contributed by atoms with Crippen LogP contribution in [-0.2, 0) is 0 Å². The summed E-state index contributed by atoms with van der Waals surface area (Å²) in [5.74, 6) is 0.999. The van der Waals surface area contributed by atoms with Gasteiger partial charge in [0.05, 0.1) is 20.3 Å². The highest BCUT2D eigenvalue weighted by Gasteiger charge is 2.13. The SMILES string of the molecule is COc1cc(OC)cc([C@@H](O)CN[C@@H](C)c2ccc(F)cc2)c1. The number of halogens is 1. The van der Waals surface area contributed by atoms with Crippen LogP contribution in [0.2, 0.25) is 0 Å². The van der Waals surface area contributed by atoms with E-state index in [4.69, 9.17) is 9.47 Å². The van der Waals surface area contributed by atoms with Gasteiger partial charge in [-0.3, -0.25) is 0 Å². The van der Waals surface area contributed by atoms with Crippen molar-refractivity contribution in [2.75, 3.05) is 20.8 Å². The van der Waals surface area contributed by atoms with E-state index in [1.54, 1.807) is 44.6 Å². The van der Waals surface area contributed by atoms with Crippen molar-refractivity contribution in [1.29, 1.82) is 0 Å². The van der Waals surface area contributed by atoms with Gasteiger partial charge in [0, 0.05) is 18.7 Å². The van der Waals surface area contributed by atoms with Gasteiger partial charge >= 0.3 is 0 Å². The van der Waals surface area contributed by atoms with E-state index in [1.807, 2.05) is 6.92 Å². The number of aliphatic hydroxyl groups is 1. The molecule has 0 saturated heterocycles. The Morgan fingerprint density at radius 3 is 2.09 bits per heavy atom. The van der Waals surface area contributed by atoms with Crippen LogP contribution in [0.1, 0.15) is 30.2 Å². The molecule has 0 aliphatic rings. The minimum Gasteiger partial charge on any atom is -0.497 e. The molecule has 5 heteroatoms. The van der Waals surface area contributed by atoms with E-state index in [-0.39, 0.29) is 11.9 Å². The molecule has 0 saturated carbocycles. The molecule has 0 aromatic heterocycles. The van der Waals surface area contributed by atoms with E-state index in [0.29, 0.717) is 23.6 Å². The van der Waals surface area contributed by atoms with Crippen molar-refractivity contribution in [2.24, 2.45) is 0 Å². The number of benzene rings is 2. The molecule has 2 aromatic carbocycles. The highest BCUT2D eigenvalue weighted by molar-refractivity contribution is 5.39. The van der Waals surface area contributed by atoms with Gasteiger partial charge in [-0.1, -0.05) is 12.1 Å². The largest absolute Gasteiger partial charge is 0.497 e. The summed E-state index contributed by atoms with van der Waals surface area (Å²) in [5, 5.41) is 13.6. The summed E-state index contributed by atoms with van der Waals surface area (Å²) in [4.78, 5) is 0. The van der Waals surface area contributed by atoms with E-state index in [2.05, 4.69) is 5.32 Å². The van der Waals surface area contributed by atoms with Gasteiger partial charge in [0.15, 0.2) is 0 Å². The van der Waals surface area contributed by atoms with E-state index >= 15 is 0 Å². The number of rotatable bonds is 7. The molecule has 2 atom stereocenters. The van der Waals surface area contributed by atoms with Crippen LogP contribution >= 0.6 is 0 Å². The molecule has 124 valence electrons. The molecule has 2 aromatic rings. The van der Waals surface area contributed by atoms with Crippen LogP contribution in [0.25, 0.3) is 0 Å². The van der Waals surface area contributed by atoms with Crippen LogP contribution in [0.15, 0.2) is 42.5 Å². The Morgan fingerprint density at radius 1 is 1.00 bits per heavy atom. The Hall–Kier alpha value is -2.11. The Kier molecular flexibility index (Phi) is 5.96.